The Hall–Kier alpha value is -2.13. The van der Waals surface area contributed by atoms with Gasteiger partial charge < -0.3 is 5.32 Å². The molecule has 3 rings (SSSR count). The van der Waals surface area contributed by atoms with Gasteiger partial charge in [0, 0.05) is 24.5 Å². The summed E-state index contributed by atoms with van der Waals surface area (Å²) in [6, 6.07) is 12.8. The van der Waals surface area contributed by atoms with Gasteiger partial charge in [-0.1, -0.05) is 24.3 Å². The van der Waals surface area contributed by atoms with Crippen molar-refractivity contribution in [3.63, 3.8) is 0 Å². The van der Waals surface area contributed by atoms with Crippen molar-refractivity contribution < 1.29 is 0 Å². The van der Waals surface area contributed by atoms with Crippen LogP contribution in [0, 0.1) is 6.92 Å². The molecular weight excluding hydrogens is 234 g/mol. The van der Waals surface area contributed by atoms with Crippen LogP contribution in [0.25, 0.3) is 16.9 Å². The van der Waals surface area contributed by atoms with Gasteiger partial charge in [-0.3, -0.25) is 4.40 Å². The molecule has 0 saturated carbocycles. The number of pyridine rings is 1. The highest BCUT2D eigenvalue weighted by molar-refractivity contribution is 5.67. The molecule has 0 amide bonds. The van der Waals surface area contributed by atoms with Crippen LogP contribution in [0.3, 0.4) is 0 Å². The highest BCUT2D eigenvalue weighted by Crippen LogP contribution is 2.25. The van der Waals surface area contributed by atoms with Crippen LogP contribution in [0.4, 0.5) is 0 Å². The zero-order valence-electron chi connectivity index (χ0n) is 11.2. The lowest BCUT2D eigenvalue weighted by atomic mass is 10.0. The fraction of sp³-hybridized carbons (Fsp3) is 0.188. The van der Waals surface area contributed by atoms with Gasteiger partial charge in [-0.15, -0.1) is 0 Å². The largest absolute Gasteiger partial charge is 0.316 e. The average Bonchev–Trinajstić information content (AvgIpc) is 2.88. The van der Waals surface area contributed by atoms with Gasteiger partial charge in [-0.25, -0.2) is 4.98 Å². The van der Waals surface area contributed by atoms with E-state index < -0.39 is 0 Å². The third kappa shape index (κ3) is 2.13. The van der Waals surface area contributed by atoms with Crippen LogP contribution in [-0.2, 0) is 6.54 Å². The van der Waals surface area contributed by atoms with Crippen LogP contribution in [0.1, 0.15) is 11.1 Å². The standard InChI is InChI=1S/C16H17N3/c1-12-10-13(11-17-2)6-7-14(12)15-4-3-5-16-18-8-9-19(15)16/h3-10,17H,11H2,1-2H3. The molecule has 0 bridgehead atoms. The lowest BCUT2D eigenvalue weighted by molar-refractivity contribution is 0.817. The van der Waals surface area contributed by atoms with E-state index in [0.29, 0.717) is 0 Å². The predicted octanol–water partition coefficient (Wildman–Crippen LogP) is 3.03. The van der Waals surface area contributed by atoms with E-state index in [0.717, 1.165) is 12.2 Å². The fourth-order valence-electron chi connectivity index (χ4n) is 2.49. The van der Waals surface area contributed by atoms with Crippen molar-refractivity contribution in [2.24, 2.45) is 0 Å². The number of imidazole rings is 1. The van der Waals surface area contributed by atoms with E-state index in [2.05, 4.69) is 52.0 Å². The van der Waals surface area contributed by atoms with Gasteiger partial charge >= 0.3 is 0 Å². The van der Waals surface area contributed by atoms with E-state index in [1.807, 2.05) is 25.5 Å². The van der Waals surface area contributed by atoms with Crippen LogP contribution >= 0.6 is 0 Å². The predicted molar refractivity (Wildman–Crippen MR) is 78.1 cm³/mol. The van der Waals surface area contributed by atoms with Gasteiger partial charge in [0.05, 0.1) is 5.69 Å². The minimum atomic E-state index is 0.899. The molecule has 0 radical (unpaired) electrons. The lowest BCUT2D eigenvalue weighted by Crippen LogP contribution is -2.05. The Morgan fingerprint density at radius 1 is 1.21 bits per heavy atom. The van der Waals surface area contributed by atoms with Crippen LogP contribution < -0.4 is 5.32 Å². The van der Waals surface area contributed by atoms with Gasteiger partial charge in [0.15, 0.2) is 0 Å². The van der Waals surface area contributed by atoms with Crippen molar-refractivity contribution in [1.29, 1.82) is 0 Å². The molecule has 2 heterocycles. The summed E-state index contributed by atoms with van der Waals surface area (Å²) >= 11 is 0. The van der Waals surface area contributed by atoms with E-state index in [1.54, 1.807) is 0 Å². The van der Waals surface area contributed by atoms with Gasteiger partial charge in [-0.2, -0.15) is 0 Å². The Bertz CT molecular complexity index is 713. The molecule has 0 fully saturated rings. The van der Waals surface area contributed by atoms with Crippen LogP contribution in [-0.4, -0.2) is 16.4 Å². The van der Waals surface area contributed by atoms with Crippen molar-refractivity contribution in [3.05, 3.63) is 59.9 Å². The zero-order chi connectivity index (χ0) is 13.2. The number of hydrogen-bond donors (Lipinski definition) is 1. The lowest BCUT2D eigenvalue weighted by Gasteiger charge is -2.10. The Labute approximate surface area is 112 Å². The number of rotatable bonds is 3. The summed E-state index contributed by atoms with van der Waals surface area (Å²) in [6.45, 7) is 3.06. The average molecular weight is 251 g/mol. The second kappa shape index (κ2) is 4.86. The third-order valence-electron chi connectivity index (χ3n) is 3.38. The Morgan fingerprint density at radius 3 is 2.89 bits per heavy atom. The van der Waals surface area contributed by atoms with Crippen molar-refractivity contribution >= 4 is 5.65 Å². The normalized spacial score (nSPS) is 11.1. The molecule has 1 N–H and O–H groups in total. The quantitative estimate of drug-likeness (QED) is 0.775. The van der Waals surface area contributed by atoms with Crippen molar-refractivity contribution in [2.45, 2.75) is 13.5 Å². The maximum absolute atomic E-state index is 4.33. The molecule has 0 aliphatic rings. The van der Waals surface area contributed by atoms with Gasteiger partial charge in [-0.05, 0) is 37.2 Å². The molecule has 0 unspecified atom stereocenters. The van der Waals surface area contributed by atoms with Gasteiger partial charge in [0.1, 0.15) is 5.65 Å². The Kier molecular flexibility index (Phi) is 3.05. The molecule has 0 aliphatic carbocycles. The number of benzene rings is 1. The van der Waals surface area contributed by atoms with E-state index in [1.165, 1.54) is 22.4 Å². The number of nitrogens with one attached hydrogen (secondary N) is 1. The van der Waals surface area contributed by atoms with Gasteiger partial charge in [0.2, 0.25) is 0 Å². The SMILES string of the molecule is CNCc1ccc(-c2cccc3nccn23)c(C)c1. The minimum Gasteiger partial charge on any atom is -0.316 e. The molecule has 3 heteroatoms. The highest BCUT2D eigenvalue weighted by Gasteiger charge is 2.06. The molecule has 96 valence electrons. The van der Waals surface area contributed by atoms with E-state index in [-0.39, 0.29) is 0 Å². The van der Waals surface area contributed by atoms with Crippen LogP contribution in [0.2, 0.25) is 0 Å². The summed E-state index contributed by atoms with van der Waals surface area (Å²) in [6.07, 6.45) is 3.84. The molecular formula is C16H17N3. The first kappa shape index (κ1) is 11.9. The number of hydrogen-bond acceptors (Lipinski definition) is 2. The minimum absolute atomic E-state index is 0.899. The molecule has 3 aromatic rings. The third-order valence-corrected chi connectivity index (χ3v) is 3.38. The molecule has 0 atom stereocenters. The first-order valence-electron chi connectivity index (χ1n) is 6.46. The smallest absolute Gasteiger partial charge is 0.137 e. The molecule has 0 spiro atoms. The maximum Gasteiger partial charge on any atom is 0.137 e. The Balaban J connectivity index is 2.13. The maximum atomic E-state index is 4.33. The summed E-state index contributed by atoms with van der Waals surface area (Å²) in [7, 11) is 1.97. The van der Waals surface area contributed by atoms with E-state index in [4.69, 9.17) is 0 Å². The summed E-state index contributed by atoms with van der Waals surface area (Å²) < 4.78 is 2.13. The second-order valence-electron chi connectivity index (χ2n) is 4.75. The molecule has 2 aromatic heterocycles. The first-order chi connectivity index (χ1) is 9.29. The van der Waals surface area contributed by atoms with Gasteiger partial charge in [0.25, 0.3) is 0 Å². The summed E-state index contributed by atoms with van der Waals surface area (Å²) in [5, 5.41) is 3.18. The second-order valence-corrected chi connectivity index (χ2v) is 4.75. The molecule has 19 heavy (non-hydrogen) atoms. The van der Waals surface area contributed by atoms with Crippen molar-refractivity contribution in [3.8, 4) is 11.3 Å². The topological polar surface area (TPSA) is 29.3 Å². The molecule has 0 aliphatic heterocycles. The van der Waals surface area contributed by atoms with Crippen molar-refractivity contribution in [2.75, 3.05) is 7.05 Å². The Morgan fingerprint density at radius 2 is 2.11 bits per heavy atom. The van der Waals surface area contributed by atoms with Crippen LogP contribution in [0.5, 0.6) is 0 Å². The molecule has 0 saturated heterocycles. The zero-order valence-corrected chi connectivity index (χ0v) is 11.2. The highest BCUT2D eigenvalue weighted by atomic mass is 15.0. The van der Waals surface area contributed by atoms with Crippen molar-refractivity contribution in [1.82, 2.24) is 14.7 Å². The summed E-state index contributed by atoms with van der Waals surface area (Å²) in [4.78, 5) is 4.33. The molecule has 1 aromatic carbocycles. The first-order valence-corrected chi connectivity index (χ1v) is 6.46. The number of aromatic nitrogens is 2. The molecule has 3 nitrogen and oxygen atoms in total. The van der Waals surface area contributed by atoms with Crippen LogP contribution in [0.15, 0.2) is 48.8 Å². The summed E-state index contributed by atoms with van der Waals surface area (Å²) in [5.41, 5.74) is 6.01. The number of aryl methyl sites for hydroxylation is 1. The monoisotopic (exact) mass is 251 g/mol. The summed E-state index contributed by atoms with van der Waals surface area (Å²) in [5.74, 6) is 0. The fourth-order valence-corrected chi connectivity index (χ4v) is 2.49. The van der Waals surface area contributed by atoms with E-state index >= 15 is 0 Å². The number of nitrogens with zero attached hydrogens (tertiary/aromatic N) is 2. The number of fused-ring (bicyclic) bond motifs is 1. The van der Waals surface area contributed by atoms with E-state index in [9.17, 15) is 0 Å².